The molecule has 4 N–H and O–H groups in total. The van der Waals surface area contributed by atoms with Gasteiger partial charge in [-0.1, -0.05) is 0 Å². The molecule has 9 heteroatoms. The van der Waals surface area contributed by atoms with Gasteiger partial charge in [0.2, 0.25) is 5.09 Å². The van der Waals surface area contributed by atoms with Gasteiger partial charge in [0.1, 0.15) is 0 Å². The van der Waals surface area contributed by atoms with Crippen molar-refractivity contribution in [3.63, 3.8) is 0 Å². The third kappa shape index (κ3) is 4.50. The second kappa shape index (κ2) is 6.38. The molecule has 110 valence electrons. The van der Waals surface area contributed by atoms with Gasteiger partial charge in [0.15, 0.2) is 5.76 Å². The minimum Gasteiger partial charge on any atom is -0.438 e. The Morgan fingerprint density at radius 2 is 2.00 bits per heavy atom. The van der Waals surface area contributed by atoms with Crippen LogP contribution >= 0.6 is 12.4 Å². The Morgan fingerprint density at radius 3 is 2.47 bits per heavy atom. The Bertz CT molecular complexity index is 539. The van der Waals surface area contributed by atoms with Crippen LogP contribution in [0.2, 0.25) is 0 Å². The van der Waals surface area contributed by atoms with Crippen molar-refractivity contribution < 1.29 is 17.6 Å². The van der Waals surface area contributed by atoms with E-state index in [1.165, 1.54) is 19.2 Å². The molecule has 1 rings (SSSR count). The zero-order valence-electron chi connectivity index (χ0n) is 10.9. The van der Waals surface area contributed by atoms with E-state index < -0.39 is 21.5 Å². The van der Waals surface area contributed by atoms with Crippen molar-refractivity contribution in [3.05, 3.63) is 17.9 Å². The molecule has 0 bridgehead atoms. The molecule has 0 saturated heterocycles. The first-order chi connectivity index (χ1) is 8.22. The van der Waals surface area contributed by atoms with Crippen LogP contribution in [0.4, 0.5) is 0 Å². The SMILES string of the molecule is CNS(=O)(=O)c1ccc(C(=O)NC(C)(C)CN)o1.Cl. The molecule has 0 atom stereocenters. The van der Waals surface area contributed by atoms with Crippen LogP contribution in [0.15, 0.2) is 21.6 Å². The van der Waals surface area contributed by atoms with Crippen molar-refractivity contribution in [2.24, 2.45) is 5.73 Å². The fourth-order valence-electron chi connectivity index (χ4n) is 1.11. The van der Waals surface area contributed by atoms with Crippen LogP contribution in [0.3, 0.4) is 0 Å². The molecular formula is C10H18ClN3O4S. The first-order valence-corrected chi connectivity index (χ1v) is 6.76. The minimum atomic E-state index is -3.68. The highest BCUT2D eigenvalue weighted by Gasteiger charge is 2.23. The zero-order valence-corrected chi connectivity index (χ0v) is 12.5. The second-order valence-electron chi connectivity index (χ2n) is 4.37. The second-order valence-corrected chi connectivity index (χ2v) is 6.19. The van der Waals surface area contributed by atoms with E-state index >= 15 is 0 Å². The van der Waals surface area contributed by atoms with E-state index in [9.17, 15) is 13.2 Å². The lowest BCUT2D eigenvalue weighted by atomic mass is 10.1. The smallest absolute Gasteiger partial charge is 0.287 e. The van der Waals surface area contributed by atoms with E-state index in [-0.39, 0.29) is 29.8 Å². The Labute approximate surface area is 118 Å². The summed E-state index contributed by atoms with van der Waals surface area (Å²) < 4.78 is 29.9. The van der Waals surface area contributed by atoms with Gasteiger partial charge in [-0.15, -0.1) is 12.4 Å². The Morgan fingerprint density at radius 1 is 1.42 bits per heavy atom. The monoisotopic (exact) mass is 311 g/mol. The predicted octanol–water partition coefficient (Wildman–Crippen LogP) is 0.0766. The molecule has 0 fully saturated rings. The maximum atomic E-state index is 11.8. The van der Waals surface area contributed by atoms with Gasteiger partial charge in [0.05, 0.1) is 0 Å². The fraction of sp³-hybridized carbons (Fsp3) is 0.500. The summed E-state index contributed by atoms with van der Waals surface area (Å²) >= 11 is 0. The maximum Gasteiger partial charge on any atom is 0.287 e. The first-order valence-electron chi connectivity index (χ1n) is 5.28. The molecule has 1 aromatic heterocycles. The highest BCUT2D eigenvalue weighted by Crippen LogP contribution is 2.14. The summed E-state index contributed by atoms with van der Waals surface area (Å²) in [6.45, 7) is 3.75. The molecule has 0 spiro atoms. The summed E-state index contributed by atoms with van der Waals surface area (Å²) in [5, 5.41) is 2.33. The number of amides is 1. The molecule has 0 radical (unpaired) electrons. The highest BCUT2D eigenvalue weighted by molar-refractivity contribution is 7.89. The van der Waals surface area contributed by atoms with E-state index in [1.54, 1.807) is 13.8 Å². The van der Waals surface area contributed by atoms with Gasteiger partial charge in [-0.05, 0) is 33.0 Å². The number of nitrogens with two attached hydrogens (primary N) is 1. The number of nitrogens with one attached hydrogen (secondary N) is 2. The van der Waals surface area contributed by atoms with Crippen LogP contribution in [-0.4, -0.2) is 33.5 Å². The molecule has 7 nitrogen and oxygen atoms in total. The van der Waals surface area contributed by atoms with Gasteiger partial charge in [0.25, 0.3) is 15.9 Å². The largest absolute Gasteiger partial charge is 0.438 e. The van der Waals surface area contributed by atoms with Crippen molar-refractivity contribution in [2.75, 3.05) is 13.6 Å². The summed E-state index contributed by atoms with van der Waals surface area (Å²) in [6.07, 6.45) is 0. The van der Waals surface area contributed by atoms with Gasteiger partial charge in [-0.2, -0.15) is 0 Å². The van der Waals surface area contributed by atoms with Crippen molar-refractivity contribution in [1.29, 1.82) is 0 Å². The summed E-state index contributed by atoms with van der Waals surface area (Å²) in [4.78, 5) is 11.8. The Balaban J connectivity index is 0.00000324. The van der Waals surface area contributed by atoms with Crippen LogP contribution in [0.5, 0.6) is 0 Å². The topological polar surface area (TPSA) is 114 Å². The molecule has 1 heterocycles. The Kier molecular flexibility index (Phi) is 6.01. The summed E-state index contributed by atoms with van der Waals surface area (Å²) in [6, 6.07) is 2.52. The third-order valence-corrected chi connectivity index (χ3v) is 3.59. The molecule has 1 amide bonds. The third-order valence-electron chi connectivity index (χ3n) is 2.30. The van der Waals surface area contributed by atoms with Crippen molar-refractivity contribution in [2.45, 2.75) is 24.5 Å². The van der Waals surface area contributed by atoms with Crippen molar-refractivity contribution in [1.82, 2.24) is 10.0 Å². The van der Waals surface area contributed by atoms with Gasteiger partial charge in [-0.3, -0.25) is 4.79 Å². The average molecular weight is 312 g/mol. The number of furan rings is 1. The molecule has 19 heavy (non-hydrogen) atoms. The van der Waals surface area contributed by atoms with Crippen molar-refractivity contribution >= 4 is 28.3 Å². The quantitative estimate of drug-likeness (QED) is 0.712. The van der Waals surface area contributed by atoms with Crippen molar-refractivity contribution in [3.8, 4) is 0 Å². The normalized spacial score (nSPS) is 11.8. The number of hydrogen-bond acceptors (Lipinski definition) is 5. The number of carbonyl (C=O) groups is 1. The number of rotatable bonds is 5. The lowest BCUT2D eigenvalue weighted by molar-refractivity contribution is 0.0882. The first kappa shape index (κ1) is 17.9. The minimum absolute atomic E-state index is 0. The summed E-state index contributed by atoms with van der Waals surface area (Å²) in [5.74, 6) is -0.589. The maximum absolute atomic E-state index is 11.8. The Hall–Kier alpha value is -1.09. The van der Waals surface area contributed by atoms with E-state index in [0.717, 1.165) is 0 Å². The summed E-state index contributed by atoms with van der Waals surface area (Å²) in [5.41, 5.74) is 4.89. The zero-order chi connectivity index (χ0) is 14.0. The van der Waals surface area contributed by atoms with E-state index in [0.29, 0.717) is 0 Å². The number of hydrogen-bond donors (Lipinski definition) is 3. The fourth-order valence-corrected chi connectivity index (χ4v) is 1.76. The van der Waals surface area contributed by atoms with Gasteiger partial charge in [0, 0.05) is 12.1 Å². The van der Waals surface area contributed by atoms with Gasteiger partial charge in [-0.25, -0.2) is 13.1 Å². The molecule has 0 aliphatic carbocycles. The summed E-state index contributed by atoms with van der Waals surface area (Å²) in [7, 11) is -2.42. The van der Waals surface area contributed by atoms with Crippen LogP contribution in [-0.2, 0) is 10.0 Å². The molecule has 0 aromatic carbocycles. The number of halogens is 1. The average Bonchev–Trinajstić information content (AvgIpc) is 2.78. The van der Waals surface area contributed by atoms with E-state index in [4.69, 9.17) is 10.2 Å². The lowest BCUT2D eigenvalue weighted by Gasteiger charge is -2.23. The predicted molar refractivity (Wildman–Crippen MR) is 72.8 cm³/mol. The van der Waals surface area contributed by atoms with Crippen LogP contribution in [0.25, 0.3) is 0 Å². The number of carbonyl (C=O) groups excluding carboxylic acids is 1. The highest BCUT2D eigenvalue weighted by atomic mass is 35.5. The molecule has 0 aliphatic heterocycles. The van der Waals surface area contributed by atoms with Crippen LogP contribution in [0.1, 0.15) is 24.4 Å². The van der Waals surface area contributed by atoms with Crippen LogP contribution in [0, 0.1) is 0 Å². The molecule has 0 saturated carbocycles. The van der Waals surface area contributed by atoms with Gasteiger partial charge < -0.3 is 15.5 Å². The molecule has 0 unspecified atom stereocenters. The van der Waals surface area contributed by atoms with Gasteiger partial charge >= 0.3 is 0 Å². The standard InChI is InChI=1S/C10H17N3O4S.ClH/c1-10(2,6-11)13-9(14)7-4-5-8(17-7)18(15,16)12-3;/h4-5,12H,6,11H2,1-3H3,(H,13,14);1H. The molecule has 0 aliphatic rings. The molecule has 1 aromatic rings. The van der Waals surface area contributed by atoms with Crippen LogP contribution < -0.4 is 15.8 Å². The lowest BCUT2D eigenvalue weighted by Crippen LogP contribution is -2.48. The molecular weight excluding hydrogens is 294 g/mol. The van der Waals surface area contributed by atoms with E-state index in [1.807, 2.05) is 0 Å². The van der Waals surface area contributed by atoms with E-state index in [2.05, 4.69) is 10.0 Å². The number of sulfonamides is 1.